The number of hydrogen-bond donors (Lipinski definition) is 2. The molecule has 0 fully saturated rings. The molecule has 0 bridgehead atoms. The number of benzene rings is 5. The van der Waals surface area contributed by atoms with Gasteiger partial charge in [-0.05, 0) is 100 Å². The van der Waals surface area contributed by atoms with Crippen molar-refractivity contribution in [1.29, 1.82) is 0 Å². The molecule has 0 unspecified atom stereocenters. The van der Waals surface area contributed by atoms with Crippen molar-refractivity contribution in [3.05, 3.63) is 131 Å². The van der Waals surface area contributed by atoms with Crippen LogP contribution in [0.3, 0.4) is 0 Å². The van der Waals surface area contributed by atoms with Gasteiger partial charge in [0.1, 0.15) is 11.5 Å². The normalized spacial score (nSPS) is 13.6. The molecule has 2 aliphatic heterocycles. The van der Waals surface area contributed by atoms with Crippen molar-refractivity contribution in [2.45, 2.75) is 33.3 Å². The molecule has 7 heteroatoms. The first-order valence-electron chi connectivity index (χ1n) is 16.5. The molecule has 0 saturated heterocycles. The van der Waals surface area contributed by atoms with E-state index in [1.54, 1.807) is 0 Å². The number of hydrogen-bond acceptors (Lipinski definition) is 7. The fourth-order valence-corrected chi connectivity index (χ4v) is 6.98. The minimum atomic E-state index is -1.18. The van der Waals surface area contributed by atoms with Crippen LogP contribution in [0.2, 0.25) is 0 Å². The van der Waals surface area contributed by atoms with Gasteiger partial charge >= 0.3 is 5.97 Å². The summed E-state index contributed by atoms with van der Waals surface area (Å²) in [4.78, 5) is 18.6. The number of fused-ring (bicyclic) bond motifs is 6. The van der Waals surface area contributed by atoms with Gasteiger partial charge in [0.2, 0.25) is 0 Å². The maximum Gasteiger partial charge on any atom is 0.342 e. The van der Waals surface area contributed by atoms with Gasteiger partial charge in [0.15, 0.2) is 5.60 Å². The topological polar surface area (TPSA) is 66.1 Å². The zero-order valence-electron chi connectivity index (χ0n) is 27.3. The summed E-state index contributed by atoms with van der Waals surface area (Å²) in [5, 5.41) is 7.17. The maximum absolute atomic E-state index is 14.1. The molecule has 0 radical (unpaired) electrons. The molecule has 5 aromatic carbocycles. The standard InChI is InChI=1S/C40H40N4O3/c1-5-43(6-2)30-23-21-28(22-24-30)41-27-17-19-29(20-18-27)42-33-25-26-34(44(7-3)8-4)37-38(33)40(47-39(37)45)31-13-9-11-15-35(31)46-36-16-12-10-14-32(36)40/h9-26,41-42H,5-8H2,1-4H3. The minimum Gasteiger partial charge on any atom is -0.456 e. The molecule has 7 rings (SSSR count). The second-order valence-corrected chi connectivity index (χ2v) is 11.8. The van der Waals surface area contributed by atoms with Crippen molar-refractivity contribution in [2.24, 2.45) is 0 Å². The van der Waals surface area contributed by atoms with Crippen molar-refractivity contribution in [3.8, 4) is 11.5 Å². The number of nitrogens with one attached hydrogen (secondary N) is 2. The van der Waals surface area contributed by atoms with Gasteiger partial charge in [-0.2, -0.15) is 0 Å². The number of esters is 1. The number of para-hydroxylation sites is 2. The summed E-state index contributed by atoms with van der Waals surface area (Å²) in [7, 11) is 0. The van der Waals surface area contributed by atoms with Crippen molar-refractivity contribution in [1.82, 2.24) is 0 Å². The van der Waals surface area contributed by atoms with E-state index in [9.17, 15) is 4.79 Å². The van der Waals surface area contributed by atoms with E-state index < -0.39 is 5.60 Å². The summed E-state index contributed by atoms with van der Waals surface area (Å²) in [5.41, 5.74) is 7.60. The number of rotatable bonds is 10. The van der Waals surface area contributed by atoms with E-state index in [1.807, 2.05) is 66.7 Å². The third-order valence-electron chi connectivity index (χ3n) is 9.29. The molecule has 47 heavy (non-hydrogen) atoms. The molecule has 2 N–H and O–H groups in total. The Kier molecular flexibility index (Phi) is 7.98. The molecule has 238 valence electrons. The zero-order chi connectivity index (χ0) is 32.5. The monoisotopic (exact) mass is 624 g/mol. The number of carbonyl (C=O) groups is 1. The summed E-state index contributed by atoms with van der Waals surface area (Å²) in [6.07, 6.45) is 0. The van der Waals surface area contributed by atoms with Gasteiger partial charge in [0.25, 0.3) is 0 Å². The third-order valence-corrected chi connectivity index (χ3v) is 9.29. The van der Waals surface area contributed by atoms with Crippen LogP contribution in [0, 0.1) is 0 Å². The number of ether oxygens (including phenoxy) is 2. The second kappa shape index (κ2) is 12.4. The van der Waals surface area contributed by atoms with Crippen molar-refractivity contribution in [3.63, 3.8) is 0 Å². The van der Waals surface area contributed by atoms with Gasteiger partial charge in [-0.25, -0.2) is 4.79 Å². The van der Waals surface area contributed by atoms with Gasteiger partial charge in [-0.1, -0.05) is 36.4 Å². The molecule has 1 spiro atoms. The maximum atomic E-state index is 14.1. The van der Waals surface area contributed by atoms with Gasteiger partial charge in [0, 0.05) is 71.3 Å². The smallest absolute Gasteiger partial charge is 0.342 e. The molecule has 7 nitrogen and oxygen atoms in total. The average Bonchev–Trinajstić information content (AvgIpc) is 3.42. The Morgan fingerprint density at radius 2 is 1.11 bits per heavy atom. The highest BCUT2D eigenvalue weighted by Crippen LogP contribution is 2.59. The van der Waals surface area contributed by atoms with Crippen LogP contribution in [-0.2, 0) is 10.3 Å². The molecule has 0 atom stereocenters. The van der Waals surface area contributed by atoms with E-state index >= 15 is 0 Å². The van der Waals surface area contributed by atoms with Crippen molar-refractivity contribution >= 4 is 40.1 Å². The lowest BCUT2D eigenvalue weighted by atomic mass is 9.76. The minimum absolute atomic E-state index is 0.344. The van der Waals surface area contributed by atoms with Crippen LogP contribution in [0.25, 0.3) is 0 Å². The Morgan fingerprint density at radius 1 is 0.596 bits per heavy atom. The molecule has 0 amide bonds. The molecule has 0 aliphatic carbocycles. The van der Waals surface area contributed by atoms with Crippen LogP contribution < -0.4 is 25.2 Å². The van der Waals surface area contributed by atoms with E-state index in [-0.39, 0.29) is 5.97 Å². The predicted molar refractivity (Wildman–Crippen MR) is 191 cm³/mol. The highest BCUT2D eigenvalue weighted by atomic mass is 16.6. The van der Waals surface area contributed by atoms with Crippen LogP contribution in [-0.4, -0.2) is 32.1 Å². The molecule has 2 heterocycles. The Balaban J connectivity index is 1.29. The average molecular weight is 625 g/mol. The lowest BCUT2D eigenvalue weighted by molar-refractivity contribution is 0.0226. The number of nitrogens with zero attached hydrogens (tertiary/aromatic N) is 2. The summed E-state index contributed by atoms with van der Waals surface area (Å²) in [6, 6.07) is 36.5. The SMILES string of the molecule is CCN(CC)c1ccc(Nc2ccc(Nc3ccc(N(CC)CC)c4c3C3(OC4=O)c4ccccc4Oc4ccccc43)cc2)cc1. The van der Waals surface area contributed by atoms with Gasteiger partial charge in [-0.15, -0.1) is 0 Å². The van der Waals surface area contributed by atoms with E-state index in [0.29, 0.717) is 17.1 Å². The lowest BCUT2D eigenvalue weighted by Crippen LogP contribution is -2.33. The molecule has 0 saturated carbocycles. The Bertz CT molecular complexity index is 1870. The molecular formula is C40H40N4O3. The third kappa shape index (κ3) is 5.12. The first-order valence-corrected chi connectivity index (χ1v) is 16.5. The first kappa shape index (κ1) is 30.2. The summed E-state index contributed by atoms with van der Waals surface area (Å²) in [5.74, 6) is 1.00. The molecule has 2 aliphatic rings. The van der Waals surface area contributed by atoms with Gasteiger partial charge < -0.3 is 29.9 Å². The van der Waals surface area contributed by atoms with Crippen LogP contribution in [0.4, 0.5) is 34.1 Å². The fourth-order valence-electron chi connectivity index (χ4n) is 6.98. The summed E-state index contributed by atoms with van der Waals surface area (Å²) < 4.78 is 12.9. The van der Waals surface area contributed by atoms with Crippen LogP contribution >= 0.6 is 0 Å². The van der Waals surface area contributed by atoms with Crippen molar-refractivity contribution < 1.29 is 14.3 Å². The number of anilines is 6. The quantitative estimate of drug-likeness (QED) is 0.150. The van der Waals surface area contributed by atoms with Crippen LogP contribution in [0.15, 0.2) is 109 Å². The fraction of sp³-hybridized carbons (Fsp3) is 0.225. The second-order valence-electron chi connectivity index (χ2n) is 11.8. The molecular weight excluding hydrogens is 584 g/mol. The predicted octanol–water partition coefficient (Wildman–Crippen LogP) is 9.43. The zero-order valence-corrected chi connectivity index (χ0v) is 27.3. The molecule has 5 aromatic rings. The lowest BCUT2D eigenvalue weighted by Gasteiger charge is -2.37. The highest BCUT2D eigenvalue weighted by molar-refractivity contribution is 6.05. The summed E-state index contributed by atoms with van der Waals surface area (Å²) in [6.45, 7) is 12.0. The van der Waals surface area contributed by atoms with Crippen molar-refractivity contribution in [2.75, 3.05) is 46.6 Å². The largest absolute Gasteiger partial charge is 0.456 e. The number of carbonyl (C=O) groups excluding carboxylic acids is 1. The van der Waals surface area contributed by atoms with Crippen LogP contribution in [0.5, 0.6) is 11.5 Å². The van der Waals surface area contributed by atoms with Crippen LogP contribution in [0.1, 0.15) is 54.7 Å². The summed E-state index contributed by atoms with van der Waals surface area (Å²) >= 11 is 0. The van der Waals surface area contributed by atoms with E-state index in [0.717, 1.165) is 71.3 Å². The van der Waals surface area contributed by atoms with E-state index in [1.165, 1.54) is 5.69 Å². The Morgan fingerprint density at radius 3 is 1.66 bits per heavy atom. The first-order chi connectivity index (χ1) is 23.0. The van der Waals surface area contributed by atoms with E-state index in [2.05, 4.69) is 90.6 Å². The molecule has 0 aromatic heterocycles. The van der Waals surface area contributed by atoms with Gasteiger partial charge in [0.05, 0.1) is 11.3 Å². The Labute approximate surface area is 276 Å². The van der Waals surface area contributed by atoms with Gasteiger partial charge in [-0.3, -0.25) is 0 Å². The Hall–Kier alpha value is -5.43. The van der Waals surface area contributed by atoms with E-state index in [4.69, 9.17) is 9.47 Å². The highest BCUT2D eigenvalue weighted by Gasteiger charge is 2.55.